The average Bonchev–Trinajstić information content (AvgIpc) is 2.74. The molecule has 0 unspecified atom stereocenters. The Morgan fingerprint density at radius 1 is 1.10 bits per heavy atom. The predicted molar refractivity (Wildman–Crippen MR) is 118 cm³/mol. The molecular weight excluding hydrogens is 418 g/mol. The van der Waals surface area contributed by atoms with Crippen molar-refractivity contribution in [1.29, 1.82) is 0 Å². The zero-order valence-electron chi connectivity index (χ0n) is 17.6. The number of hydrogen-bond donors (Lipinski definition) is 2. The zero-order valence-corrected chi connectivity index (χ0v) is 18.4. The van der Waals surface area contributed by atoms with Gasteiger partial charge in [0.25, 0.3) is 15.9 Å². The third-order valence-corrected chi connectivity index (χ3v) is 6.39. The molecule has 2 N–H and O–H groups in total. The lowest BCUT2D eigenvalue weighted by atomic mass is 10.0. The van der Waals surface area contributed by atoms with Crippen LogP contribution in [-0.2, 0) is 14.8 Å². The highest BCUT2D eigenvalue weighted by molar-refractivity contribution is 7.92. The molecule has 31 heavy (non-hydrogen) atoms. The molecule has 0 spiro atoms. The van der Waals surface area contributed by atoms with E-state index in [4.69, 9.17) is 4.74 Å². The fourth-order valence-corrected chi connectivity index (χ4v) is 4.56. The van der Waals surface area contributed by atoms with Crippen molar-refractivity contribution in [3.05, 3.63) is 54.1 Å². The summed E-state index contributed by atoms with van der Waals surface area (Å²) in [5.41, 5.74) is 0.720. The minimum absolute atomic E-state index is 0.0720. The number of sulfonamides is 1. The van der Waals surface area contributed by atoms with Crippen LogP contribution in [0.3, 0.4) is 0 Å². The van der Waals surface area contributed by atoms with Gasteiger partial charge >= 0.3 is 0 Å². The molecule has 1 saturated heterocycles. The van der Waals surface area contributed by atoms with Gasteiger partial charge in [-0.1, -0.05) is 6.07 Å². The summed E-state index contributed by atoms with van der Waals surface area (Å²) in [7, 11) is -3.80. The third kappa shape index (κ3) is 5.97. The summed E-state index contributed by atoms with van der Waals surface area (Å²) in [6.07, 6.45) is 1.38. The van der Waals surface area contributed by atoms with Crippen molar-refractivity contribution in [2.45, 2.75) is 37.6 Å². The van der Waals surface area contributed by atoms with Gasteiger partial charge in [-0.05, 0) is 62.2 Å². The zero-order chi connectivity index (χ0) is 22.4. The number of benzene rings is 2. The number of carbonyl (C=O) groups excluding carboxylic acids is 2. The standard InChI is InChI=1S/C22H27N3O5S/c1-3-30-20-7-9-21(10-8-20)31(28,29)24-19-6-4-5-17(15-19)22(27)25-13-11-18(12-14-25)23-16(2)26/h4-10,15,18,24H,3,11-14H2,1-2H3,(H,23,26). The highest BCUT2D eigenvalue weighted by Gasteiger charge is 2.24. The van der Waals surface area contributed by atoms with Gasteiger partial charge in [0.15, 0.2) is 0 Å². The smallest absolute Gasteiger partial charge is 0.261 e. The first-order valence-electron chi connectivity index (χ1n) is 10.2. The number of likely N-dealkylation sites (tertiary alicyclic amines) is 1. The molecule has 9 heteroatoms. The molecule has 2 aromatic rings. The number of rotatable bonds is 7. The summed E-state index contributed by atoms with van der Waals surface area (Å²) in [4.78, 5) is 25.9. The van der Waals surface area contributed by atoms with Crippen LogP contribution in [0.25, 0.3) is 0 Å². The maximum Gasteiger partial charge on any atom is 0.261 e. The molecule has 2 aromatic carbocycles. The van der Waals surface area contributed by atoms with Crippen molar-refractivity contribution < 1.29 is 22.7 Å². The summed E-state index contributed by atoms with van der Waals surface area (Å²) in [6.45, 7) is 4.90. The van der Waals surface area contributed by atoms with Crippen LogP contribution in [0.15, 0.2) is 53.4 Å². The Balaban J connectivity index is 1.67. The SMILES string of the molecule is CCOc1ccc(S(=O)(=O)Nc2cccc(C(=O)N3CCC(NC(C)=O)CC3)c2)cc1. The van der Waals surface area contributed by atoms with E-state index in [1.54, 1.807) is 35.2 Å². The van der Waals surface area contributed by atoms with Crippen LogP contribution >= 0.6 is 0 Å². The number of carbonyl (C=O) groups is 2. The minimum atomic E-state index is -3.80. The van der Waals surface area contributed by atoms with Crippen LogP contribution in [0.1, 0.15) is 37.0 Å². The maximum atomic E-state index is 12.9. The van der Waals surface area contributed by atoms with Crippen LogP contribution in [0, 0.1) is 0 Å². The van der Waals surface area contributed by atoms with Crippen molar-refractivity contribution in [2.75, 3.05) is 24.4 Å². The highest BCUT2D eigenvalue weighted by atomic mass is 32.2. The Kier molecular flexibility index (Phi) is 7.17. The fourth-order valence-electron chi connectivity index (χ4n) is 3.51. The van der Waals surface area contributed by atoms with Crippen molar-refractivity contribution in [3.63, 3.8) is 0 Å². The van der Waals surface area contributed by atoms with E-state index >= 15 is 0 Å². The van der Waals surface area contributed by atoms with Crippen molar-refractivity contribution in [1.82, 2.24) is 10.2 Å². The quantitative estimate of drug-likeness (QED) is 0.682. The van der Waals surface area contributed by atoms with E-state index in [9.17, 15) is 18.0 Å². The van der Waals surface area contributed by atoms with Gasteiger partial charge in [0.2, 0.25) is 5.91 Å². The van der Waals surface area contributed by atoms with E-state index < -0.39 is 10.0 Å². The second-order valence-corrected chi connectivity index (χ2v) is 9.04. The van der Waals surface area contributed by atoms with Crippen molar-refractivity contribution >= 4 is 27.5 Å². The molecule has 8 nitrogen and oxygen atoms in total. The fraction of sp³-hybridized carbons (Fsp3) is 0.364. The van der Waals surface area contributed by atoms with Crippen molar-refractivity contribution in [3.8, 4) is 5.75 Å². The van der Waals surface area contributed by atoms with Gasteiger partial charge < -0.3 is 15.0 Å². The molecular formula is C22H27N3O5S. The number of piperidine rings is 1. The lowest BCUT2D eigenvalue weighted by Crippen LogP contribution is -2.46. The molecule has 0 atom stereocenters. The van der Waals surface area contributed by atoms with Gasteiger partial charge in [0.05, 0.1) is 11.5 Å². The topological polar surface area (TPSA) is 105 Å². The summed E-state index contributed by atoms with van der Waals surface area (Å²) in [5.74, 6) is 0.358. The number of nitrogens with zero attached hydrogens (tertiary/aromatic N) is 1. The lowest BCUT2D eigenvalue weighted by molar-refractivity contribution is -0.119. The second kappa shape index (κ2) is 9.82. The normalized spacial score (nSPS) is 14.7. The minimum Gasteiger partial charge on any atom is -0.494 e. The van der Waals surface area contributed by atoms with E-state index in [1.807, 2.05) is 6.92 Å². The lowest BCUT2D eigenvalue weighted by Gasteiger charge is -2.32. The van der Waals surface area contributed by atoms with Crippen LogP contribution in [-0.4, -0.2) is 50.9 Å². The number of amides is 2. The average molecular weight is 446 g/mol. The van der Waals surface area contributed by atoms with Gasteiger partial charge in [-0.2, -0.15) is 0 Å². The molecule has 1 aliphatic heterocycles. The first-order valence-corrected chi connectivity index (χ1v) is 11.7. The van der Waals surface area contributed by atoms with Gasteiger partial charge in [-0.3, -0.25) is 14.3 Å². The van der Waals surface area contributed by atoms with E-state index in [1.165, 1.54) is 25.1 Å². The van der Waals surface area contributed by atoms with E-state index in [0.29, 0.717) is 49.5 Å². The molecule has 1 heterocycles. The predicted octanol–water partition coefficient (Wildman–Crippen LogP) is 2.63. The van der Waals surface area contributed by atoms with Gasteiger partial charge in [-0.15, -0.1) is 0 Å². The number of ether oxygens (including phenoxy) is 1. The van der Waals surface area contributed by atoms with Crippen LogP contribution in [0.2, 0.25) is 0 Å². The number of hydrogen-bond acceptors (Lipinski definition) is 5. The molecule has 0 saturated carbocycles. The monoisotopic (exact) mass is 445 g/mol. The second-order valence-electron chi connectivity index (χ2n) is 7.36. The first kappa shape index (κ1) is 22.6. The molecule has 0 aliphatic carbocycles. The first-order chi connectivity index (χ1) is 14.8. The Labute approximate surface area is 182 Å². The largest absolute Gasteiger partial charge is 0.494 e. The molecule has 0 bridgehead atoms. The van der Waals surface area contributed by atoms with E-state index in [0.717, 1.165) is 0 Å². The van der Waals surface area contributed by atoms with Gasteiger partial charge in [0.1, 0.15) is 5.75 Å². The van der Waals surface area contributed by atoms with Crippen LogP contribution in [0.4, 0.5) is 5.69 Å². The van der Waals surface area contributed by atoms with Gasteiger partial charge in [0, 0.05) is 37.3 Å². The Morgan fingerprint density at radius 2 is 1.77 bits per heavy atom. The number of anilines is 1. The third-order valence-electron chi connectivity index (χ3n) is 5.00. The molecule has 2 amide bonds. The molecule has 0 aromatic heterocycles. The summed E-state index contributed by atoms with van der Waals surface area (Å²) >= 11 is 0. The molecule has 0 radical (unpaired) electrons. The molecule has 166 valence electrons. The van der Waals surface area contributed by atoms with E-state index in [-0.39, 0.29) is 22.8 Å². The Bertz CT molecular complexity index is 1030. The Morgan fingerprint density at radius 3 is 2.39 bits per heavy atom. The molecule has 1 aliphatic rings. The Hall–Kier alpha value is -3.07. The van der Waals surface area contributed by atoms with E-state index in [2.05, 4.69) is 10.0 Å². The van der Waals surface area contributed by atoms with Crippen molar-refractivity contribution in [2.24, 2.45) is 0 Å². The van der Waals surface area contributed by atoms with Gasteiger partial charge in [-0.25, -0.2) is 8.42 Å². The summed E-state index contributed by atoms with van der Waals surface area (Å²) < 4.78 is 33.3. The maximum absolute atomic E-state index is 12.9. The summed E-state index contributed by atoms with van der Waals surface area (Å²) in [5, 5.41) is 2.88. The highest BCUT2D eigenvalue weighted by Crippen LogP contribution is 2.21. The van der Waals surface area contributed by atoms with Crippen LogP contribution in [0.5, 0.6) is 5.75 Å². The molecule has 1 fully saturated rings. The number of nitrogens with one attached hydrogen (secondary N) is 2. The van der Waals surface area contributed by atoms with Crippen LogP contribution < -0.4 is 14.8 Å². The summed E-state index contributed by atoms with van der Waals surface area (Å²) in [6, 6.07) is 12.7. The molecule has 3 rings (SSSR count).